The summed E-state index contributed by atoms with van der Waals surface area (Å²) in [6, 6.07) is 3.95. The number of thiophene rings is 1. The Morgan fingerprint density at radius 3 is 2.82 bits per heavy atom. The van der Waals surface area contributed by atoms with Crippen molar-refractivity contribution in [2.24, 2.45) is 5.73 Å². The predicted octanol–water partition coefficient (Wildman–Crippen LogP) is 1.94. The summed E-state index contributed by atoms with van der Waals surface area (Å²) in [6.07, 6.45) is 3.41. The van der Waals surface area contributed by atoms with Crippen molar-refractivity contribution < 1.29 is 9.59 Å². The summed E-state index contributed by atoms with van der Waals surface area (Å²) in [6.45, 7) is 3.65. The van der Waals surface area contributed by atoms with Crippen LogP contribution in [0.2, 0.25) is 0 Å². The topological polar surface area (TPSA) is 75.4 Å². The molecule has 0 bridgehead atoms. The van der Waals surface area contributed by atoms with Crippen LogP contribution >= 0.6 is 23.7 Å². The van der Waals surface area contributed by atoms with Gasteiger partial charge in [-0.25, -0.2) is 0 Å². The van der Waals surface area contributed by atoms with Crippen molar-refractivity contribution in [1.82, 2.24) is 10.2 Å². The fraction of sp³-hybridized carbons (Fsp3) is 0.600. The van der Waals surface area contributed by atoms with E-state index in [1.807, 2.05) is 24.0 Å². The van der Waals surface area contributed by atoms with Crippen LogP contribution in [-0.2, 0) is 4.79 Å². The fourth-order valence-electron chi connectivity index (χ4n) is 2.62. The van der Waals surface area contributed by atoms with Gasteiger partial charge in [-0.05, 0) is 38.3 Å². The summed E-state index contributed by atoms with van der Waals surface area (Å²) >= 11 is 1.53. The third-order valence-electron chi connectivity index (χ3n) is 3.75. The quantitative estimate of drug-likeness (QED) is 0.856. The Morgan fingerprint density at radius 2 is 2.18 bits per heavy atom. The Balaban J connectivity index is 0.00000242. The molecule has 0 saturated carbocycles. The second kappa shape index (κ2) is 9.12. The highest BCUT2D eigenvalue weighted by Crippen LogP contribution is 2.23. The zero-order valence-electron chi connectivity index (χ0n) is 12.8. The molecule has 0 radical (unpaired) electrons. The number of piperidine rings is 1. The Labute approximate surface area is 141 Å². The molecule has 3 N–H and O–H groups in total. The molecule has 1 unspecified atom stereocenters. The number of halogens is 1. The van der Waals surface area contributed by atoms with Crippen molar-refractivity contribution >= 4 is 35.6 Å². The molecule has 22 heavy (non-hydrogen) atoms. The number of rotatable bonds is 5. The molecule has 1 aromatic rings. The molecule has 5 nitrogen and oxygen atoms in total. The van der Waals surface area contributed by atoms with Crippen LogP contribution in [0.25, 0.3) is 0 Å². The van der Waals surface area contributed by atoms with Crippen molar-refractivity contribution in [1.29, 1.82) is 0 Å². The van der Waals surface area contributed by atoms with E-state index in [0.29, 0.717) is 19.5 Å². The summed E-state index contributed by atoms with van der Waals surface area (Å²) in [5.41, 5.74) is 5.37. The van der Waals surface area contributed by atoms with E-state index in [4.69, 9.17) is 5.73 Å². The van der Waals surface area contributed by atoms with Crippen LogP contribution in [0.3, 0.4) is 0 Å². The highest BCUT2D eigenvalue weighted by atomic mass is 35.5. The van der Waals surface area contributed by atoms with Crippen molar-refractivity contribution in [3.05, 3.63) is 21.9 Å². The molecule has 1 aliphatic rings. The molecular weight excluding hydrogens is 322 g/mol. The number of amides is 2. The number of likely N-dealkylation sites (tertiary alicyclic amines) is 1. The average Bonchev–Trinajstić information content (AvgIpc) is 2.91. The molecule has 0 spiro atoms. The number of nitrogens with one attached hydrogen (secondary N) is 1. The van der Waals surface area contributed by atoms with E-state index in [-0.39, 0.29) is 30.3 Å². The molecule has 0 aromatic carbocycles. The van der Waals surface area contributed by atoms with Gasteiger partial charge in [0, 0.05) is 37.0 Å². The molecule has 1 saturated heterocycles. The third-order valence-corrected chi connectivity index (χ3v) is 4.73. The molecule has 1 fully saturated rings. The molecule has 7 heteroatoms. The van der Waals surface area contributed by atoms with Gasteiger partial charge in [-0.15, -0.1) is 23.7 Å². The number of nitrogens with zero attached hydrogens (tertiary/aromatic N) is 1. The first-order valence-electron chi connectivity index (χ1n) is 7.46. The van der Waals surface area contributed by atoms with Gasteiger partial charge in [0.15, 0.2) is 0 Å². The maximum absolute atomic E-state index is 12.6. The van der Waals surface area contributed by atoms with Gasteiger partial charge in [0.25, 0.3) is 5.91 Å². The van der Waals surface area contributed by atoms with Gasteiger partial charge in [-0.3, -0.25) is 9.59 Å². The van der Waals surface area contributed by atoms with Crippen LogP contribution in [0.1, 0.15) is 40.2 Å². The van der Waals surface area contributed by atoms with E-state index < -0.39 is 0 Å². The SMILES string of the molecule is Cc1ccc(C(=O)N2CCCCC2CNC(=O)CCN)s1.Cl. The van der Waals surface area contributed by atoms with Gasteiger partial charge in [-0.2, -0.15) is 0 Å². The zero-order chi connectivity index (χ0) is 15.2. The van der Waals surface area contributed by atoms with Crippen LogP contribution in [0.15, 0.2) is 12.1 Å². The largest absolute Gasteiger partial charge is 0.354 e. The lowest BCUT2D eigenvalue weighted by Gasteiger charge is -2.35. The Kier molecular flexibility index (Phi) is 7.85. The Morgan fingerprint density at radius 1 is 1.41 bits per heavy atom. The van der Waals surface area contributed by atoms with E-state index in [1.54, 1.807) is 0 Å². The minimum absolute atomic E-state index is 0. The number of hydrogen-bond donors (Lipinski definition) is 2. The van der Waals surface area contributed by atoms with Crippen LogP contribution in [0.4, 0.5) is 0 Å². The Bertz CT molecular complexity index is 507. The van der Waals surface area contributed by atoms with Crippen LogP contribution in [0.5, 0.6) is 0 Å². The molecule has 1 atom stereocenters. The maximum Gasteiger partial charge on any atom is 0.264 e. The smallest absolute Gasteiger partial charge is 0.264 e. The monoisotopic (exact) mass is 345 g/mol. The number of hydrogen-bond acceptors (Lipinski definition) is 4. The number of aryl methyl sites for hydroxylation is 1. The van der Waals surface area contributed by atoms with E-state index in [2.05, 4.69) is 5.32 Å². The van der Waals surface area contributed by atoms with Gasteiger partial charge in [0.05, 0.1) is 4.88 Å². The lowest BCUT2D eigenvalue weighted by molar-refractivity contribution is -0.121. The van der Waals surface area contributed by atoms with Crippen molar-refractivity contribution in [3.63, 3.8) is 0 Å². The molecule has 2 rings (SSSR count). The van der Waals surface area contributed by atoms with E-state index in [9.17, 15) is 9.59 Å². The van der Waals surface area contributed by atoms with Crippen molar-refractivity contribution in [2.75, 3.05) is 19.6 Å². The lowest BCUT2D eigenvalue weighted by atomic mass is 10.0. The molecule has 1 aromatic heterocycles. The maximum atomic E-state index is 12.6. The van der Waals surface area contributed by atoms with Gasteiger partial charge in [0.2, 0.25) is 5.91 Å². The molecule has 1 aliphatic heterocycles. The molecule has 2 heterocycles. The van der Waals surface area contributed by atoms with Crippen molar-refractivity contribution in [3.8, 4) is 0 Å². The van der Waals surface area contributed by atoms with Gasteiger partial charge < -0.3 is 16.0 Å². The minimum atomic E-state index is -0.0394. The zero-order valence-corrected chi connectivity index (χ0v) is 14.5. The van der Waals surface area contributed by atoms with Gasteiger partial charge >= 0.3 is 0 Å². The highest BCUT2D eigenvalue weighted by Gasteiger charge is 2.28. The summed E-state index contributed by atoms with van der Waals surface area (Å²) < 4.78 is 0. The van der Waals surface area contributed by atoms with Crippen LogP contribution in [-0.4, -0.2) is 42.4 Å². The first kappa shape index (κ1) is 18.9. The second-order valence-corrected chi connectivity index (χ2v) is 6.69. The van der Waals surface area contributed by atoms with Crippen LogP contribution < -0.4 is 11.1 Å². The number of nitrogens with two attached hydrogens (primary N) is 1. The first-order chi connectivity index (χ1) is 10.1. The number of carbonyl (C=O) groups excluding carboxylic acids is 2. The second-order valence-electron chi connectivity index (χ2n) is 5.40. The number of carbonyl (C=O) groups is 2. The van der Waals surface area contributed by atoms with Gasteiger partial charge in [0.1, 0.15) is 0 Å². The fourth-order valence-corrected chi connectivity index (χ4v) is 3.45. The average molecular weight is 346 g/mol. The minimum Gasteiger partial charge on any atom is -0.354 e. The predicted molar refractivity (Wildman–Crippen MR) is 91.7 cm³/mol. The third kappa shape index (κ3) is 4.97. The summed E-state index contributed by atoms with van der Waals surface area (Å²) in [4.78, 5) is 28.0. The van der Waals surface area contributed by atoms with Gasteiger partial charge in [-0.1, -0.05) is 0 Å². The first-order valence-corrected chi connectivity index (χ1v) is 8.27. The van der Waals surface area contributed by atoms with E-state index in [1.165, 1.54) is 11.3 Å². The molecule has 124 valence electrons. The lowest BCUT2D eigenvalue weighted by Crippen LogP contribution is -2.49. The Hall–Kier alpha value is -1.11. The normalized spacial score (nSPS) is 17.7. The molecular formula is C15H24ClN3O2S. The molecule has 2 amide bonds. The highest BCUT2D eigenvalue weighted by molar-refractivity contribution is 7.13. The van der Waals surface area contributed by atoms with E-state index >= 15 is 0 Å². The molecule has 0 aliphatic carbocycles. The summed E-state index contributed by atoms with van der Waals surface area (Å²) in [5.74, 6) is 0.0494. The summed E-state index contributed by atoms with van der Waals surface area (Å²) in [7, 11) is 0. The summed E-state index contributed by atoms with van der Waals surface area (Å²) in [5, 5.41) is 2.89. The van der Waals surface area contributed by atoms with Crippen LogP contribution in [0, 0.1) is 6.92 Å². The standard InChI is InChI=1S/C15H23N3O2S.ClH/c1-11-5-6-13(21-11)15(20)18-9-3-2-4-12(18)10-17-14(19)7-8-16;/h5-6,12H,2-4,7-10,16H2,1H3,(H,17,19);1H. The van der Waals surface area contributed by atoms with E-state index in [0.717, 1.165) is 35.6 Å². The van der Waals surface area contributed by atoms with Crippen molar-refractivity contribution in [2.45, 2.75) is 38.6 Å².